The monoisotopic (exact) mass is 364 g/mol. The molecular formula is C22H24N2O3. The predicted octanol–water partition coefficient (Wildman–Crippen LogP) is 3.56. The molecule has 140 valence electrons. The lowest BCUT2D eigenvalue weighted by molar-refractivity contribution is -0.158. The van der Waals surface area contributed by atoms with Crippen LogP contribution in [0.1, 0.15) is 39.2 Å². The molecule has 5 heteroatoms. The van der Waals surface area contributed by atoms with Crippen LogP contribution >= 0.6 is 0 Å². The average Bonchev–Trinajstić information content (AvgIpc) is 3.18. The smallest absolute Gasteiger partial charge is 0.349 e. The first-order chi connectivity index (χ1) is 13.0. The van der Waals surface area contributed by atoms with Gasteiger partial charge in [-0.3, -0.25) is 4.98 Å². The fourth-order valence-electron chi connectivity index (χ4n) is 3.79. The lowest BCUT2D eigenvalue weighted by atomic mass is 9.96. The van der Waals surface area contributed by atoms with Gasteiger partial charge in [0.2, 0.25) is 0 Å². The molecule has 0 fully saturated rings. The first-order valence-corrected chi connectivity index (χ1v) is 9.44. The average molecular weight is 364 g/mol. The molecule has 4 rings (SSSR count). The van der Waals surface area contributed by atoms with Gasteiger partial charge in [-0.2, -0.15) is 0 Å². The van der Waals surface area contributed by atoms with E-state index in [4.69, 9.17) is 9.47 Å². The predicted molar refractivity (Wildman–Crippen MR) is 105 cm³/mol. The van der Waals surface area contributed by atoms with E-state index in [1.165, 1.54) is 16.5 Å². The molecule has 0 saturated heterocycles. The van der Waals surface area contributed by atoms with Crippen molar-refractivity contribution < 1.29 is 14.3 Å². The topological polar surface area (TPSA) is 52.8 Å². The van der Waals surface area contributed by atoms with Crippen molar-refractivity contribution in [2.75, 3.05) is 6.61 Å². The molecule has 0 N–H and O–H groups in total. The summed E-state index contributed by atoms with van der Waals surface area (Å²) in [5, 5.41) is 1.23. The van der Waals surface area contributed by atoms with Crippen LogP contribution in [0.4, 0.5) is 0 Å². The van der Waals surface area contributed by atoms with E-state index in [0.29, 0.717) is 12.4 Å². The van der Waals surface area contributed by atoms with E-state index in [1.807, 2.05) is 36.8 Å². The van der Waals surface area contributed by atoms with Crippen LogP contribution in [0, 0.1) is 0 Å². The van der Waals surface area contributed by atoms with Gasteiger partial charge < -0.3 is 13.9 Å². The maximum absolute atomic E-state index is 12.2. The number of pyridine rings is 1. The molecule has 0 amide bonds. The number of fused-ring (bicyclic) bond motifs is 3. The van der Waals surface area contributed by atoms with Crippen LogP contribution in [0.3, 0.4) is 0 Å². The zero-order chi connectivity index (χ0) is 19.0. The Hall–Kier alpha value is -2.82. The van der Waals surface area contributed by atoms with Crippen molar-refractivity contribution in [2.24, 2.45) is 0 Å². The Morgan fingerprint density at radius 3 is 2.81 bits per heavy atom. The summed E-state index contributed by atoms with van der Waals surface area (Å²) in [4.78, 5) is 16.3. The Morgan fingerprint density at radius 1 is 1.30 bits per heavy atom. The Bertz CT molecular complexity index is 1030. The molecule has 0 saturated carbocycles. The maximum Gasteiger partial charge on any atom is 0.349 e. The van der Waals surface area contributed by atoms with Gasteiger partial charge in [0.1, 0.15) is 5.75 Å². The largest absolute Gasteiger partial charge is 0.475 e. The van der Waals surface area contributed by atoms with Crippen molar-refractivity contribution in [3.63, 3.8) is 0 Å². The van der Waals surface area contributed by atoms with Crippen LogP contribution in [-0.2, 0) is 16.0 Å². The van der Waals surface area contributed by atoms with Gasteiger partial charge in [-0.25, -0.2) is 4.79 Å². The summed E-state index contributed by atoms with van der Waals surface area (Å²) in [5.41, 5.74) is 3.81. The molecule has 0 radical (unpaired) electrons. The van der Waals surface area contributed by atoms with E-state index in [9.17, 15) is 4.79 Å². The van der Waals surface area contributed by atoms with Crippen molar-refractivity contribution in [1.29, 1.82) is 0 Å². The van der Waals surface area contributed by atoms with E-state index >= 15 is 0 Å². The summed E-state index contributed by atoms with van der Waals surface area (Å²) in [6.45, 7) is 5.60. The third-order valence-electron chi connectivity index (χ3n) is 5.00. The summed E-state index contributed by atoms with van der Waals surface area (Å²) in [6.07, 6.45) is 11.2. The van der Waals surface area contributed by atoms with E-state index < -0.39 is 5.60 Å². The Morgan fingerprint density at radius 2 is 2.07 bits per heavy atom. The number of esters is 1. The van der Waals surface area contributed by atoms with Gasteiger partial charge in [-0.15, -0.1) is 0 Å². The van der Waals surface area contributed by atoms with Gasteiger partial charge in [0.25, 0.3) is 0 Å². The molecule has 0 spiro atoms. The Labute approximate surface area is 158 Å². The molecule has 0 bridgehead atoms. The number of hydrogen-bond donors (Lipinski definition) is 0. The second kappa shape index (κ2) is 6.72. The van der Waals surface area contributed by atoms with Gasteiger partial charge in [-0.1, -0.05) is 6.08 Å². The fourth-order valence-corrected chi connectivity index (χ4v) is 3.79. The second-order valence-corrected chi connectivity index (χ2v) is 7.33. The van der Waals surface area contributed by atoms with Crippen LogP contribution in [0.25, 0.3) is 22.7 Å². The first kappa shape index (κ1) is 17.6. The lowest BCUT2D eigenvalue weighted by Gasteiger charge is -2.23. The summed E-state index contributed by atoms with van der Waals surface area (Å²) < 4.78 is 13.3. The van der Waals surface area contributed by atoms with E-state index in [2.05, 4.69) is 15.5 Å². The highest BCUT2D eigenvalue weighted by Gasteiger charge is 2.32. The van der Waals surface area contributed by atoms with Crippen LogP contribution < -0.4 is 10.1 Å². The summed E-state index contributed by atoms with van der Waals surface area (Å²) in [7, 11) is 0. The van der Waals surface area contributed by atoms with Gasteiger partial charge in [0.05, 0.1) is 18.3 Å². The zero-order valence-corrected chi connectivity index (χ0v) is 16.0. The van der Waals surface area contributed by atoms with E-state index in [1.54, 1.807) is 20.8 Å². The van der Waals surface area contributed by atoms with Crippen LogP contribution in [0.2, 0.25) is 0 Å². The number of aromatic nitrogens is 2. The standard InChI is InChI=1S/C22H24N2O3/c1-4-26-21(25)22(2,3)27-16-13-19-20(15-9-11-23-12-10-15)17-7-5-6-8-18(17)24(19)14-16/h8-14H,4-7H2,1-3H3. The van der Waals surface area contributed by atoms with Crippen molar-refractivity contribution in [3.8, 4) is 16.9 Å². The molecule has 0 unspecified atom stereocenters. The summed E-state index contributed by atoms with van der Waals surface area (Å²) >= 11 is 0. The quantitative estimate of drug-likeness (QED) is 0.650. The number of carbonyl (C=O) groups is 1. The van der Waals surface area contributed by atoms with Crippen molar-refractivity contribution in [3.05, 3.63) is 47.7 Å². The third-order valence-corrected chi connectivity index (χ3v) is 5.00. The highest BCUT2D eigenvalue weighted by Crippen LogP contribution is 2.34. The number of nitrogens with zero attached hydrogens (tertiary/aromatic N) is 2. The van der Waals surface area contributed by atoms with E-state index in [0.717, 1.165) is 30.3 Å². The van der Waals surface area contributed by atoms with Crippen LogP contribution in [-0.4, -0.2) is 27.6 Å². The normalized spacial score (nSPS) is 13.9. The molecule has 3 heterocycles. The molecule has 0 aromatic carbocycles. The third kappa shape index (κ3) is 3.07. The zero-order valence-electron chi connectivity index (χ0n) is 16.0. The Kier molecular flexibility index (Phi) is 4.38. The van der Waals surface area contributed by atoms with Crippen LogP contribution in [0.15, 0.2) is 36.8 Å². The van der Waals surface area contributed by atoms with Gasteiger partial charge in [0, 0.05) is 29.4 Å². The maximum atomic E-state index is 12.2. The highest BCUT2D eigenvalue weighted by atomic mass is 16.6. The first-order valence-electron chi connectivity index (χ1n) is 9.44. The lowest BCUT2D eigenvalue weighted by Crippen LogP contribution is -2.39. The number of ether oxygens (including phenoxy) is 2. The van der Waals surface area contributed by atoms with Gasteiger partial charge >= 0.3 is 5.97 Å². The molecule has 1 aliphatic carbocycles. The highest BCUT2D eigenvalue weighted by molar-refractivity contribution is 5.86. The van der Waals surface area contributed by atoms with Crippen molar-refractivity contribution in [1.82, 2.24) is 9.38 Å². The van der Waals surface area contributed by atoms with Gasteiger partial charge in [-0.05, 0) is 63.3 Å². The summed E-state index contributed by atoms with van der Waals surface area (Å²) in [6, 6.07) is 6.10. The molecule has 5 nitrogen and oxygen atoms in total. The number of hydrogen-bond acceptors (Lipinski definition) is 4. The molecule has 3 aromatic heterocycles. The minimum absolute atomic E-state index is 0.336. The van der Waals surface area contributed by atoms with Gasteiger partial charge in [0.15, 0.2) is 5.60 Å². The SMILES string of the molecule is CCOC(=O)C(C)(C)Oc1cc2c(-c3ccncc3)c3c(n2c1)=CCCC3. The molecule has 0 atom stereocenters. The minimum atomic E-state index is -1.04. The summed E-state index contributed by atoms with van der Waals surface area (Å²) in [5.74, 6) is 0.305. The second-order valence-electron chi connectivity index (χ2n) is 7.33. The fraction of sp³-hybridized carbons (Fsp3) is 0.364. The molecule has 3 aromatic rings. The molecule has 0 aliphatic heterocycles. The van der Waals surface area contributed by atoms with Crippen LogP contribution in [0.5, 0.6) is 5.75 Å². The van der Waals surface area contributed by atoms with Crippen molar-refractivity contribution in [2.45, 2.75) is 45.6 Å². The number of carbonyl (C=O) groups excluding carboxylic acids is 1. The van der Waals surface area contributed by atoms with E-state index in [-0.39, 0.29) is 5.97 Å². The molecule has 27 heavy (non-hydrogen) atoms. The number of rotatable bonds is 5. The molecular weight excluding hydrogens is 340 g/mol. The molecule has 1 aliphatic rings. The van der Waals surface area contributed by atoms with Crippen molar-refractivity contribution >= 4 is 17.6 Å². The Balaban J connectivity index is 1.82. The minimum Gasteiger partial charge on any atom is -0.475 e.